The number of nitrogens with one attached hydrogen (secondary N) is 1. The Hall–Kier alpha value is -1.46. The fourth-order valence-corrected chi connectivity index (χ4v) is 1.87. The highest BCUT2D eigenvalue weighted by Crippen LogP contribution is 2.32. The first-order chi connectivity index (χ1) is 8.97. The quantitative estimate of drug-likeness (QED) is 0.805. The minimum atomic E-state index is -0.835. The highest BCUT2D eigenvalue weighted by molar-refractivity contribution is 6.31. The molecule has 6 heteroatoms. The van der Waals surface area contributed by atoms with Gasteiger partial charge >= 0.3 is 5.97 Å². The van der Waals surface area contributed by atoms with Gasteiger partial charge in [0, 0.05) is 23.7 Å². The lowest BCUT2D eigenvalue weighted by Crippen LogP contribution is -2.28. The molecule has 1 unspecified atom stereocenters. The van der Waals surface area contributed by atoms with Gasteiger partial charge in [-0.05, 0) is 18.6 Å². The van der Waals surface area contributed by atoms with Crippen LogP contribution in [0.4, 0.5) is 0 Å². The van der Waals surface area contributed by atoms with Crippen molar-refractivity contribution in [2.45, 2.75) is 25.9 Å². The maximum absolute atomic E-state index is 10.6. The van der Waals surface area contributed by atoms with Crippen molar-refractivity contribution < 1.29 is 19.4 Å². The van der Waals surface area contributed by atoms with E-state index in [4.69, 9.17) is 26.2 Å². The van der Waals surface area contributed by atoms with Crippen molar-refractivity contribution in [1.29, 1.82) is 0 Å². The molecule has 1 rings (SSSR count). The van der Waals surface area contributed by atoms with Gasteiger partial charge in [-0.15, -0.1) is 0 Å². The van der Waals surface area contributed by atoms with Gasteiger partial charge in [0.15, 0.2) is 11.5 Å². The summed E-state index contributed by atoms with van der Waals surface area (Å²) in [6.07, 6.45) is 0.0604. The summed E-state index contributed by atoms with van der Waals surface area (Å²) in [5.74, 6) is 0.322. The third-order valence-corrected chi connectivity index (χ3v) is 3.03. The number of hydrogen-bond acceptors (Lipinski definition) is 4. The molecule has 19 heavy (non-hydrogen) atoms. The van der Waals surface area contributed by atoms with E-state index < -0.39 is 5.97 Å². The van der Waals surface area contributed by atoms with E-state index >= 15 is 0 Å². The zero-order chi connectivity index (χ0) is 14.4. The van der Waals surface area contributed by atoms with E-state index in [1.165, 1.54) is 0 Å². The fourth-order valence-electron chi connectivity index (χ4n) is 1.65. The second kappa shape index (κ2) is 7.21. The first kappa shape index (κ1) is 15.6. The zero-order valence-electron chi connectivity index (χ0n) is 11.2. The van der Waals surface area contributed by atoms with E-state index in [2.05, 4.69) is 5.32 Å². The van der Waals surface area contributed by atoms with Gasteiger partial charge in [0.25, 0.3) is 0 Å². The predicted molar refractivity (Wildman–Crippen MR) is 73.1 cm³/mol. The smallest absolute Gasteiger partial charge is 0.304 e. The second-order valence-electron chi connectivity index (χ2n) is 4.18. The van der Waals surface area contributed by atoms with Gasteiger partial charge < -0.3 is 19.9 Å². The fraction of sp³-hybridized carbons (Fsp3) is 0.462. The van der Waals surface area contributed by atoms with Gasteiger partial charge in [-0.25, -0.2) is 0 Å². The Morgan fingerprint density at radius 2 is 1.95 bits per heavy atom. The molecule has 106 valence electrons. The number of benzene rings is 1. The lowest BCUT2D eigenvalue weighted by atomic mass is 10.1. The minimum Gasteiger partial charge on any atom is -0.493 e. The molecule has 1 aromatic carbocycles. The molecule has 0 bridgehead atoms. The standard InChI is InChI=1S/C13H18ClNO4/c1-8(4-13(16)17)15-7-9-5-11(18-2)12(19-3)6-10(9)14/h5-6,8,15H,4,7H2,1-3H3,(H,16,17). The predicted octanol–water partition coefficient (Wildman–Crippen LogP) is 2.31. The maximum atomic E-state index is 10.6. The molecule has 0 fully saturated rings. The topological polar surface area (TPSA) is 67.8 Å². The summed E-state index contributed by atoms with van der Waals surface area (Å²) in [6, 6.07) is 3.32. The molecule has 0 aliphatic heterocycles. The van der Waals surface area contributed by atoms with Gasteiger partial charge in [0.05, 0.1) is 20.6 Å². The highest BCUT2D eigenvalue weighted by Gasteiger charge is 2.12. The van der Waals surface area contributed by atoms with Crippen LogP contribution in [0.5, 0.6) is 11.5 Å². The van der Waals surface area contributed by atoms with E-state index in [0.29, 0.717) is 23.1 Å². The first-order valence-corrected chi connectivity index (χ1v) is 6.21. The Morgan fingerprint density at radius 1 is 1.37 bits per heavy atom. The molecule has 0 radical (unpaired) electrons. The molecule has 0 heterocycles. The summed E-state index contributed by atoms with van der Waals surface area (Å²) in [4.78, 5) is 10.6. The highest BCUT2D eigenvalue weighted by atomic mass is 35.5. The third-order valence-electron chi connectivity index (χ3n) is 2.67. The Bertz CT molecular complexity index is 451. The Balaban J connectivity index is 2.75. The van der Waals surface area contributed by atoms with Crippen molar-refractivity contribution in [1.82, 2.24) is 5.32 Å². The normalized spacial score (nSPS) is 12.0. The molecule has 0 aromatic heterocycles. The summed E-state index contributed by atoms with van der Waals surface area (Å²) in [5, 5.41) is 12.3. The van der Waals surface area contributed by atoms with E-state index in [0.717, 1.165) is 5.56 Å². The van der Waals surface area contributed by atoms with Gasteiger partial charge in [0.2, 0.25) is 0 Å². The second-order valence-corrected chi connectivity index (χ2v) is 4.59. The van der Waals surface area contributed by atoms with E-state index in [9.17, 15) is 4.79 Å². The van der Waals surface area contributed by atoms with E-state index in [1.54, 1.807) is 26.4 Å². The number of carboxylic acids is 1. The van der Waals surface area contributed by atoms with Gasteiger partial charge in [-0.2, -0.15) is 0 Å². The summed E-state index contributed by atoms with van der Waals surface area (Å²) >= 11 is 6.13. The van der Waals surface area contributed by atoms with Gasteiger partial charge in [0.1, 0.15) is 0 Å². The lowest BCUT2D eigenvalue weighted by Gasteiger charge is -2.15. The molecule has 0 aliphatic rings. The van der Waals surface area contributed by atoms with Crippen LogP contribution in [0.1, 0.15) is 18.9 Å². The van der Waals surface area contributed by atoms with Crippen LogP contribution >= 0.6 is 11.6 Å². The molecule has 0 saturated carbocycles. The van der Waals surface area contributed by atoms with E-state index in [-0.39, 0.29) is 12.5 Å². The van der Waals surface area contributed by atoms with Crippen molar-refractivity contribution in [3.05, 3.63) is 22.7 Å². The summed E-state index contributed by atoms with van der Waals surface area (Å²) in [7, 11) is 3.09. The number of aliphatic carboxylic acids is 1. The van der Waals surface area contributed by atoms with E-state index in [1.807, 2.05) is 6.92 Å². The SMILES string of the molecule is COc1cc(Cl)c(CNC(C)CC(=O)O)cc1OC. The van der Waals surface area contributed by atoms with Crippen LogP contribution in [-0.2, 0) is 11.3 Å². The first-order valence-electron chi connectivity index (χ1n) is 5.83. The molecule has 0 saturated heterocycles. The molecule has 1 aromatic rings. The zero-order valence-corrected chi connectivity index (χ0v) is 12.0. The van der Waals surface area contributed by atoms with Crippen molar-refractivity contribution in [2.75, 3.05) is 14.2 Å². The number of rotatable bonds is 7. The maximum Gasteiger partial charge on any atom is 0.304 e. The van der Waals surface area contributed by atoms with Crippen LogP contribution in [-0.4, -0.2) is 31.3 Å². The van der Waals surface area contributed by atoms with Gasteiger partial charge in [-0.1, -0.05) is 11.6 Å². The van der Waals surface area contributed by atoms with Crippen LogP contribution < -0.4 is 14.8 Å². The van der Waals surface area contributed by atoms with Crippen LogP contribution in [0.15, 0.2) is 12.1 Å². The van der Waals surface area contributed by atoms with Crippen molar-refractivity contribution in [3.63, 3.8) is 0 Å². The van der Waals surface area contributed by atoms with Crippen molar-refractivity contribution in [3.8, 4) is 11.5 Å². The number of methoxy groups -OCH3 is 2. The Morgan fingerprint density at radius 3 is 2.47 bits per heavy atom. The molecule has 5 nitrogen and oxygen atoms in total. The monoisotopic (exact) mass is 287 g/mol. The molecule has 0 amide bonds. The Kier molecular flexibility index (Phi) is 5.92. The molecule has 1 atom stereocenters. The van der Waals surface area contributed by atoms with Gasteiger partial charge in [-0.3, -0.25) is 4.79 Å². The number of halogens is 1. The molecular formula is C13H18ClNO4. The summed E-state index contributed by atoms with van der Waals surface area (Å²) in [5.41, 5.74) is 0.830. The average molecular weight is 288 g/mol. The molecule has 0 aliphatic carbocycles. The number of carboxylic acid groups (broad SMARTS) is 1. The Labute approximate surface area is 117 Å². The third kappa shape index (κ3) is 4.61. The number of carbonyl (C=O) groups is 1. The summed E-state index contributed by atoms with van der Waals surface area (Å²) < 4.78 is 10.3. The largest absolute Gasteiger partial charge is 0.493 e. The lowest BCUT2D eigenvalue weighted by molar-refractivity contribution is -0.137. The average Bonchev–Trinajstić information content (AvgIpc) is 2.36. The minimum absolute atomic E-state index is 0.0604. The van der Waals surface area contributed by atoms with Crippen molar-refractivity contribution in [2.24, 2.45) is 0 Å². The number of ether oxygens (including phenoxy) is 2. The van der Waals surface area contributed by atoms with Crippen molar-refractivity contribution >= 4 is 17.6 Å². The van der Waals surface area contributed by atoms with Crippen LogP contribution in [0.25, 0.3) is 0 Å². The molecular weight excluding hydrogens is 270 g/mol. The van der Waals surface area contributed by atoms with Crippen LogP contribution in [0, 0.1) is 0 Å². The summed E-state index contributed by atoms with van der Waals surface area (Å²) in [6.45, 7) is 2.27. The van der Waals surface area contributed by atoms with Crippen LogP contribution in [0.3, 0.4) is 0 Å². The number of hydrogen-bond donors (Lipinski definition) is 2. The van der Waals surface area contributed by atoms with Crippen LogP contribution in [0.2, 0.25) is 5.02 Å². The molecule has 2 N–H and O–H groups in total. The molecule has 0 spiro atoms.